The molecule has 0 aliphatic carbocycles. The third kappa shape index (κ3) is 6.70. The maximum absolute atomic E-state index is 12.4. The highest BCUT2D eigenvalue weighted by molar-refractivity contribution is 7.92. The van der Waals surface area contributed by atoms with E-state index in [1.165, 1.54) is 31.2 Å². The van der Waals surface area contributed by atoms with E-state index in [-0.39, 0.29) is 6.61 Å². The molecule has 0 radical (unpaired) electrons. The molecule has 2 aromatic carbocycles. The smallest absolute Gasteiger partial charge is 0.344 e. The van der Waals surface area contributed by atoms with Crippen molar-refractivity contribution in [3.05, 3.63) is 59.2 Å². The molecular weight excluding hydrogens is 382 g/mol. The molecule has 1 atom stereocenters. The molecule has 0 saturated heterocycles. The molecule has 1 N–H and O–H groups in total. The first kappa shape index (κ1) is 21.4. The van der Waals surface area contributed by atoms with Gasteiger partial charge in [-0.25, -0.2) is 13.2 Å². The minimum atomic E-state index is -3.40. The van der Waals surface area contributed by atoms with Crippen molar-refractivity contribution >= 4 is 27.5 Å². The summed E-state index contributed by atoms with van der Waals surface area (Å²) in [5.74, 6) is -0.497. The molecule has 2 aromatic rings. The molecule has 2 rings (SSSR count). The van der Waals surface area contributed by atoms with Gasteiger partial charge in [-0.15, -0.1) is 0 Å². The highest BCUT2D eigenvalue weighted by Gasteiger charge is 2.20. The van der Waals surface area contributed by atoms with E-state index in [0.717, 1.165) is 17.4 Å². The van der Waals surface area contributed by atoms with Crippen LogP contribution in [0.2, 0.25) is 0 Å². The zero-order chi connectivity index (χ0) is 20.9. The number of carbonyl (C=O) groups is 2. The number of carbonyl (C=O) groups excluding carboxylic acids is 2. The Hall–Kier alpha value is -2.87. The van der Waals surface area contributed by atoms with Gasteiger partial charge < -0.3 is 9.47 Å². The van der Waals surface area contributed by atoms with Crippen LogP contribution in [0.25, 0.3) is 0 Å². The van der Waals surface area contributed by atoms with Crippen molar-refractivity contribution in [1.82, 2.24) is 0 Å². The second-order valence-electron chi connectivity index (χ2n) is 6.56. The molecule has 28 heavy (non-hydrogen) atoms. The Morgan fingerprint density at radius 3 is 2.14 bits per heavy atom. The zero-order valence-electron chi connectivity index (χ0n) is 16.2. The topological polar surface area (TPSA) is 98.8 Å². The number of rotatable bonds is 8. The summed E-state index contributed by atoms with van der Waals surface area (Å²) in [5, 5.41) is 0. The lowest BCUT2D eigenvalue weighted by Crippen LogP contribution is -2.27. The van der Waals surface area contributed by atoms with Gasteiger partial charge in [-0.2, -0.15) is 0 Å². The largest absolute Gasteiger partial charge is 0.482 e. The van der Waals surface area contributed by atoms with Gasteiger partial charge in [0.05, 0.1) is 6.26 Å². The molecule has 0 heterocycles. The molecule has 150 valence electrons. The first-order valence-electron chi connectivity index (χ1n) is 8.56. The van der Waals surface area contributed by atoms with E-state index in [4.69, 9.17) is 9.47 Å². The molecule has 0 bridgehead atoms. The molecule has 0 aliphatic rings. The Morgan fingerprint density at radius 2 is 1.61 bits per heavy atom. The first-order chi connectivity index (χ1) is 13.0. The highest BCUT2D eigenvalue weighted by atomic mass is 32.2. The molecule has 0 aliphatic heterocycles. The van der Waals surface area contributed by atoms with E-state index < -0.39 is 27.9 Å². The van der Waals surface area contributed by atoms with Gasteiger partial charge in [0, 0.05) is 11.3 Å². The average Bonchev–Trinajstić information content (AvgIpc) is 2.58. The first-order valence-corrected chi connectivity index (χ1v) is 10.5. The van der Waals surface area contributed by atoms with Crippen LogP contribution in [0, 0.1) is 13.8 Å². The lowest BCUT2D eigenvalue weighted by atomic mass is 10.1. The van der Waals surface area contributed by atoms with E-state index in [1.807, 2.05) is 19.9 Å². The summed E-state index contributed by atoms with van der Waals surface area (Å²) in [7, 11) is -3.40. The van der Waals surface area contributed by atoms with Crippen LogP contribution in [0.1, 0.15) is 28.4 Å². The fourth-order valence-electron chi connectivity index (χ4n) is 2.59. The number of ketones is 1. The van der Waals surface area contributed by atoms with E-state index in [1.54, 1.807) is 12.1 Å². The van der Waals surface area contributed by atoms with Gasteiger partial charge >= 0.3 is 5.97 Å². The standard InChI is InChI=1S/C20H23NO6S/c1-13-9-14(2)11-18(10-13)26-12-19(22)27-15(3)20(23)16-5-7-17(8-6-16)21-28(4,24)25/h5-11,15,21H,12H2,1-4H3/t15-/m0/s1. The minimum Gasteiger partial charge on any atom is -0.482 e. The normalized spacial score (nSPS) is 12.1. The van der Waals surface area contributed by atoms with Crippen LogP contribution in [-0.4, -0.2) is 39.1 Å². The van der Waals surface area contributed by atoms with Gasteiger partial charge in [-0.05, 0) is 68.3 Å². The Bertz CT molecular complexity index is 946. The number of Topliss-reactive ketones (excluding diaryl/α,β-unsaturated/α-hetero) is 1. The predicted molar refractivity (Wildman–Crippen MR) is 106 cm³/mol. The van der Waals surface area contributed by atoms with Gasteiger partial charge in [0.25, 0.3) is 0 Å². The lowest BCUT2D eigenvalue weighted by Gasteiger charge is -2.13. The Balaban J connectivity index is 1.91. The second-order valence-corrected chi connectivity index (χ2v) is 8.31. The van der Waals surface area contributed by atoms with Crippen molar-refractivity contribution < 1.29 is 27.5 Å². The summed E-state index contributed by atoms with van der Waals surface area (Å²) in [6.45, 7) is 5.02. The Kier molecular flexibility index (Phi) is 6.80. The van der Waals surface area contributed by atoms with Crippen LogP contribution in [0.15, 0.2) is 42.5 Å². The van der Waals surface area contributed by atoms with E-state index in [9.17, 15) is 18.0 Å². The minimum absolute atomic E-state index is 0.301. The fourth-order valence-corrected chi connectivity index (χ4v) is 3.16. The molecule has 0 spiro atoms. The number of hydrogen-bond acceptors (Lipinski definition) is 6. The van der Waals surface area contributed by atoms with Gasteiger partial charge in [0.1, 0.15) is 5.75 Å². The zero-order valence-corrected chi connectivity index (χ0v) is 17.0. The summed E-state index contributed by atoms with van der Waals surface area (Å²) < 4.78 is 35.3. The Labute approximate surface area is 164 Å². The number of nitrogens with one attached hydrogen (secondary N) is 1. The van der Waals surface area contributed by atoms with Crippen LogP contribution in [0.3, 0.4) is 0 Å². The number of esters is 1. The van der Waals surface area contributed by atoms with Crippen LogP contribution >= 0.6 is 0 Å². The van der Waals surface area contributed by atoms with Crippen LogP contribution in [0.4, 0.5) is 5.69 Å². The van der Waals surface area contributed by atoms with Crippen molar-refractivity contribution in [3.8, 4) is 5.75 Å². The lowest BCUT2D eigenvalue weighted by molar-refractivity contribution is -0.148. The third-order valence-electron chi connectivity index (χ3n) is 3.70. The molecule has 0 unspecified atom stereocenters. The maximum atomic E-state index is 12.4. The summed E-state index contributed by atoms with van der Waals surface area (Å²) >= 11 is 0. The average molecular weight is 405 g/mol. The highest BCUT2D eigenvalue weighted by Crippen LogP contribution is 2.17. The molecule has 7 nitrogen and oxygen atoms in total. The quantitative estimate of drug-likeness (QED) is 0.536. The number of anilines is 1. The number of aryl methyl sites for hydroxylation is 2. The molecule has 0 amide bonds. The van der Waals surface area contributed by atoms with Crippen LogP contribution in [0.5, 0.6) is 5.75 Å². The molecule has 0 saturated carbocycles. The van der Waals surface area contributed by atoms with Crippen molar-refractivity contribution in [2.75, 3.05) is 17.6 Å². The van der Waals surface area contributed by atoms with Crippen molar-refractivity contribution in [1.29, 1.82) is 0 Å². The van der Waals surface area contributed by atoms with Crippen LogP contribution in [-0.2, 0) is 19.6 Å². The summed E-state index contributed by atoms with van der Waals surface area (Å²) in [6, 6.07) is 11.5. The van der Waals surface area contributed by atoms with E-state index in [0.29, 0.717) is 17.0 Å². The van der Waals surface area contributed by atoms with Crippen molar-refractivity contribution in [2.24, 2.45) is 0 Å². The Morgan fingerprint density at radius 1 is 1.04 bits per heavy atom. The summed E-state index contributed by atoms with van der Waals surface area (Å²) in [4.78, 5) is 24.4. The van der Waals surface area contributed by atoms with E-state index in [2.05, 4.69) is 4.72 Å². The maximum Gasteiger partial charge on any atom is 0.344 e. The summed E-state index contributed by atoms with van der Waals surface area (Å²) in [5.41, 5.74) is 2.67. The number of hydrogen-bond donors (Lipinski definition) is 1. The summed E-state index contributed by atoms with van der Waals surface area (Å²) in [6.07, 6.45) is 0.0392. The monoisotopic (exact) mass is 405 g/mol. The number of sulfonamides is 1. The molecular formula is C20H23NO6S. The van der Waals surface area contributed by atoms with Gasteiger partial charge in [-0.1, -0.05) is 6.07 Å². The van der Waals surface area contributed by atoms with Crippen molar-refractivity contribution in [3.63, 3.8) is 0 Å². The van der Waals surface area contributed by atoms with Crippen LogP contribution < -0.4 is 9.46 Å². The second kappa shape index (κ2) is 8.88. The number of ether oxygens (including phenoxy) is 2. The van der Waals surface area contributed by atoms with Crippen molar-refractivity contribution in [2.45, 2.75) is 26.9 Å². The predicted octanol–water partition coefficient (Wildman–Crippen LogP) is 2.87. The van der Waals surface area contributed by atoms with Gasteiger partial charge in [-0.3, -0.25) is 9.52 Å². The SMILES string of the molecule is Cc1cc(C)cc(OCC(=O)O[C@@H](C)C(=O)c2ccc(NS(C)(=O)=O)cc2)c1. The fraction of sp³-hybridized carbons (Fsp3) is 0.300. The van der Waals surface area contributed by atoms with Gasteiger partial charge in [0.2, 0.25) is 15.8 Å². The number of benzene rings is 2. The molecule has 8 heteroatoms. The van der Waals surface area contributed by atoms with E-state index >= 15 is 0 Å². The molecule has 0 aromatic heterocycles. The van der Waals surface area contributed by atoms with Gasteiger partial charge in [0.15, 0.2) is 12.7 Å². The molecule has 0 fully saturated rings. The third-order valence-corrected chi connectivity index (χ3v) is 4.31.